The summed E-state index contributed by atoms with van der Waals surface area (Å²) in [5, 5.41) is 0. The van der Waals surface area contributed by atoms with Crippen molar-refractivity contribution in [1.82, 2.24) is 4.90 Å². The first-order chi connectivity index (χ1) is 9.47. The molecule has 0 amide bonds. The molecule has 1 aromatic carbocycles. The van der Waals surface area contributed by atoms with Gasteiger partial charge in [-0.2, -0.15) is 0 Å². The predicted octanol–water partition coefficient (Wildman–Crippen LogP) is 2.58. The van der Waals surface area contributed by atoms with E-state index in [0.717, 1.165) is 30.2 Å². The number of hydrogen-bond donors (Lipinski definition) is 1. The van der Waals surface area contributed by atoms with Crippen LogP contribution in [-0.2, 0) is 0 Å². The molecule has 0 bridgehead atoms. The van der Waals surface area contributed by atoms with E-state index in [0.29, 0.717) is 0 Å². The van der Waals surface area contributed by atoms with Gasteiger partial charge in [0.05, 0.1) is 14.2 Å². The van der Waals surface area contributed by atoms with Gasteiger partial charge >= 0.3 is 0 Å². The molecular formula is C16H26N2O2. The second-order valence-electron chi connectivity index (χ2n) is 6.08. The first kappa shape index (κ1) is 15.1. The van der Waals surface area contributed by atoms with Gasteiger partial charge in [0.15, 0.2) is 11.5 Å². The molecule has 2 N–H and O–H groups in total. The van der Waals surface area contributed by atoms with Crippen LogP contribution in [0.2, 0.25) is 0 Å². The first-order valence-corrected chi connectivity index (χ1v) is 7.20. The number of likely N-dealkylation sites (tertiary alicyclic amines) is 1. The zero-order chi connectivity index (χ0) is 14.8. The SMILES string of the molecule is COc1ccc(C(N)CN2CCCC2(C)C)cc1OC. The maximum absolute atomic E-state index is 6.37. The Labute approximate surface area is 121 Å². The molecule has 112 valence electrons. The van der Waals surface area contributed by atoms with Crippen molar-refractivity contribution in [3.63, 3.8) is 0 Å². The average molecular weight is 278 g/mol. The topological polar surface area (TPSA) is 47.7 Å². The minimum Gasteiger partial charge on any atom is -0.493 e. The van der Waals surface area contributed by atoms with Crippen LogP contribution in [0.3, 0.4) is 0 Å². The minimum atomic E-state index is -0.00724. The quantitative estimate of drug-likeness (QED) is 0.899. The number of nitrogens with zero attached hydrogens (tertiary/aromatic N) is 1. The number of benzene rings is 1. The molecule has 1 unspecified atom stereocenters. The molecule has 20 heavy (non-hydrogen) atoms. The molecular weight excluding hydrogens is 252 g/mol. The second kappa shape index (κ2) is 6.02. The fourth-order valence-corrected chi connectivity index (χ4v) is 2.93. The normalized spacial score (nSPS) is 19.9. The van der Waals surface area contributed by atoms with Gasteiger partial charge in [-0.25, -0.2) is 0 Å². The zero-order valence-corrected chi connectivity index (χ0v) is 13.0. The van der Waals surface area contributed by atoms with Gasteiger partial charge < -0.3 is 15.2 Å². The molecule has 0 aromatic heterocycles. The van der Waals surface area contributed by atoms with Crippen LogP contribution in [0.15, 0.2) is 18.2 Å². The Kier molecular flexibility index (Phi) is 4.55. The monoisotopic (exact) mass is 278 g/mol. The predicted molar refractivity (Wildman–Crippen MR) is 81.4 cm³/mol. The second-order valence-corrected chi connectivity index (χ2v) is 6.08. The van der Waals surface area contributed by atoms with Gasteiger partial charge in [-0.3, -0.25) is 4.90 Å². The lowest BCUT2D eigenvalue weighted by Gasteiger charge is -2.33. The standard InChI is InChI=1S/C16H26N2O2/c1-16(2)8-5-9-18(16)11-13(17)12-6-7-14(19-3)15(10-12)20-4/h6-7,10,13H,5,8-9,11,17H2,1-4H3. The van der Waals surface area contributed by atoms with Gasteiger partial charge in [-0.05, 0) is 50.9 Å². The molecule has 1 atom stereocenters. The van der Waals surface area contributed by atoms with Crippen LogP contribution in [0.5, 0.6) is 11.5 Å². The van der Waals surface area contributed by atoms with Crippen LogP contribution < -0.4 is 15.2 Å². The largest absolute Gasteiger partial charge is 0.493 e. The molecule has 0 radical (unpaired) electrons. The minimum absolute atomic E-state index is 0.00724. The lowest BCUT2D eigenvalue weighted by Crippen LogP contribution is -2.42. The highest BCUT2D eigenvalue weighted by molar-refractivity contribution is 5.43. The summed E-state index contributed by atoms with van der Waals surface area (Å²) in [5.74, 6) is 1.48. The van der Waals surface area contributed by atoms with E-state index >= 15 is 0 Å². The summed E-state index contributed by atoms with van der Waals surface area (Å²) in [6.45, 7) is 6.60. The summed E-state index contributed by atoms with van der Waals surface area (Å²) in [5.41, 5.74) is 7.72. The highest BCUT2D eigenvalue weighted by Crippen LogP contribution is 2.32. The molecule has 0 aliphatic carbocycles. The third-order valence-corrected chi connectivity index (χ3v) is 4.33. The Hall–Kier alpha value is -1.26. The summed E-state index contributed by atoms with van der Waals surface area (Å²) < 4.78 is 10.6. The summed E-state index contributed by atoms with van der Waals surface area (Å²) in [4.78, 5) is 2.48. The number of ether oxygens (including phenoxy) is 2. The lowest BCUT2D eigenvalue weighted by atomic mass is 10.0. The Balaban J connectivity index is 2.11. The molecule has 1 aliphatic rings. The molecule has 1 aliphatic heterocycles. The van der Waals surface area contributed by atoms with Crippen LogP contribution in [-0.4, -0.2) is 37.7 Å². The van der Waals surface area contributed by atoms with E-state index in [9.17, 15) is 0 Å². The number of methoxy groups -OCH3 is 2. The van der Waals surface area contributed by atoms with Crippen molar-refractivity contribution in [1.29, 1.82) is 0 Å². The van der Waals surface area contributed by atoms with Crippen molar-refractivity contribution >= 4 is 0 Å². The lowest BCUT2D eigenvalue weighted by molar-refractivity contribution is 0.165. The molecule has 1 saturated heterocycles. The molecule has 1 fully saturated rings. The van der Waals surface area contributed by atoms with Crippen molar-refractivity contribution in [3.8, 4) is 11.5 Å². The highest BCUT2D eigenvalue weighted by Gasteiger charge is 2.32. The number of rotatable bonds is 5. The van der Waals surface area contributed by atoms with Crippen molar-refractivity contribution in [2.24, 2.45) is 5.73 Å². The summed E-state index contributed by atoms with van der Waals surface area (Å²) in [6.07, 6.45) is 2.50. The van der Waals surface area contributed by atoms with Crippen molar-refractivity contribution < 1.29 is 9.47 Å². The van der Waals surface area contributed by atoms with Gasteiger partial charge in [0, 0.05) is 18.1 Å². The molecule has 2 rings (SSSR count). The average Bonchev–Trinajstić information content (AvgIpc) is 2.77. The summed E-state index contributed by atoms with van der Waals surface area (Å²) in [6, 6.07) is 5.91. The third-order valence-electron chi connectivity index (χ3n) is 4.33. The maximum Gasteiger partial charge on any atom is 0.161 e. The molecule has 4 nitrogen and oxygen atoms in total. The fourth-order valence-electron chi connectivity index (χ4n) is 2.93. The van der Waals surface area contributed by atoms with E-state index < -0.39 is 0 Å². The van der Waals surface area contributed by atoms with Gasteiger partial charge in [0.2, 0.25) is 0 Å². The van der Waals surface area contributed by atoms with E-state index in [1.54, 1.807) is 14.2 Å². The summed E-state index contributed by atoms with van der Waals surface area (Å²) >= 11 is 0. The van der Waals surface area contributed by atoms with E-state index in [4.69, 9.17) is 15.2 Å². The van der Waals surface area contributed by atoms with Crippen LogP contribution in [0.1, 0.15) is 38.3 Å². The van der Waals surface area contributed by atoms with E-state index in [1.165, 1.54) is 12.8 Å². The summed E-state index contributed by atoms with van der Waals surface area (Å²) in [7, 11) is 3.29. The maximum atomic E-state index is 6.37. The Morgan fingerprint density at radius 3 is 2.50 bits per heavy atom. The van der Waals surface area contributed by atoms with Crippen LogP contribution in [0.4, 0.5) is 0 Å². The number of nitrogens with two attached hydrogens (primary N) is 1. The van der Waals surface area contributed by atoms with E-state index in [1.807, 2.05) is 18.2 Å². The Bertz CT molecular complexity index is 460. The first-order valence-electron chi connectivity index (χ1n) is 7.20. The van der Waals surface area contributed by atoms with E-state index in [-0.39, 0.29) is 11.6 Å². The third kappa shape index (κ3) is 3.07. The van der Waals surface area contributed by atoms with Crippen molar-refractivity contribution in [2.75, 3.05) is 27.3 Å². The fraction of sp³-hybridized carbons (Fsp3) is 0.625. The zero-order valence-electron chi connectivity index (χ0n) is 13.0. The van der Waals surface area contributed by atoms with Crippen molar-refractivity contribution in [2.45, 2.75) is 38.3 Å². The van der Waals surface area contributed by atoms with Crippen LogP contribution >= 0.6 is 0 Å². The Morgan fingerprint density at radius 2 is 1.95 bits per heavy atom. The van der Waals surface area contributed by atoms with Gasteiger partial charge in [-0.1, -0.05) is 6.07 Å². The van der Waals surface area contributed by atoms with E-state index in [2.05, 4.69) is 18.7 Å². The Morgan fingerprint density at radius 1 is 1.25 bits per heavy atom. The molecule has 0 saturated carbocycles. The van der Waals surface area contributed by atoms with Gasteiger partial charge in [0.1, 0.15) is 0 Å². The van der Waals surface area contributed by atoms with Crippen LogP contribution in [0, 0.1) is 0 Å². The molecule has 1 heterocycles. The molecule has 1 aromatic rings. The molecule has 4 heteroatoms. The van der Waals surface area contributed by atoms with Gasteiger partial charge in [0.25, 0.3) is 0 Å². The smallest absolute Gasteiger partial charge is 0.161 e. The van der Waals surface area contributed by atoms with Crippen LogP contribution in [0.25, 0.3) is 0 Å². The highest BCUT2D eigenvalue weighted by atomic mass is 16.5. The number of hydrogen-bond acceptors (Lipinski definition) is 4. The van der Waals surface area contributed by atoms with Crippen molar-refractivity contribution in [3.05, 3.63) is 23.8 Å². The van der Waals surface area contributed by atoms with Gasteiger partial charge in [-0.15, -0.1) is 0 Å². The molecule has 0 spiro atoms.